The Morgan fingerprint density at radius 2 is 2.00 bits per heavy atom. The molecule has 0 aliphatic carbocycles. The molecule has 0 aromatic carbocycles. The minimum absolute atomic E-state index is 0.0425. The summed E-state index contributed by atoms with van der Waals surface area (Å²) in [7, 11) is 1.40. The van der Waals surface area contributed by atoms with Crippen molar-refractivity contribution in [3.63, 3.8) is 0 Å². The molecular weight excluding hydrogens is 479 g/mol. The zero-order valence-electron chi connectivity index (χ0n) is 19.0. The Labute approximate surface area is 194 Å². The first kappa shape index (κ1) is 25.5. The SMILES string of the molecule is CCn1c(C(F)(F)F)cc2nc(C3=C(S(=O)O)C=CC(NC(=O)OC(C)(C)C)N3)n(C)c2c1=O. The molecule has 0 spiro atoms. The van der Waals surface area contributed by atoms with E-state index in [1.54, 1.807) is 20.8 Å². The van der Waals surface area contributed by atoms with Crippen LogP contribution in [0.2, 0.25) is 0 Å². The fraction of sp³-hybridized carbons (Fsp3) is 0.450. The molecule has 186 valence electrons. The lowest BCUT2D eigenvalue weighted by Crippen LogP contribution is -2.47. The molecule has 2 atom stereocenters. The van der Waals surface area contributed by atoms with E-state index >= 15 is 0 Å². The van der Waals surface area contributed by atoms with Crippen molar-refractivity contribution < 1.29 is 31.5 Å². The molecule has 1 amide bonds. The van der Waals surface area contributed by atoms with Crippen LogP contribution in [0.1, 0.15) is 39.2 Å². The van der Waals surface area contributed by atoms with Crippen molar-refractivity contribution in [3.8, 4) is 0 Å². The zero-order chi connectivity index (χ0) is 25.6. The highest BCUT2D eigenvalue weighted by Crippen LogP contribution is 2.31. The van der Waals surface area contributed by atoms with E-state index in [4.69, 9.17) is 4.74 Å². The van der Waals surface area contributed by atoms with Gasteiger partial charge in [0.25, 0.3) is 5.56 Å². The van der Waals surface area contributed by atoms with E-state index in [0.717, 1.165) is 6.07 Å². The fourth-order valence-electron chi connectivity index (χ4n) is 3.47. The number of alkyl carbamates (subject to hydrolysis) is 1. The second kappa shape index (κ2) is 8.91. The quantitative estimate of drug-likeness (QED) is 0.548. The third-order valence-electron chi connectivity index (χ3n) is 4.81. The van der Waals surface area contributed by atoms with Gasteiger partial charge in [-0.05, 0) is 45.9 Å². The molecule has 34 heavy (non-hydrogen) atoms. The Bertz CT molecular complexity index is 1290. The van der Waals surface area contributed by atoms with Gasteiger partial charge in [-0.15, -0.1) is 0 Å². The maximum Gasteiger partial charge on any atom is 0.431 e. The van der Waals surface area contributed by atoms with Crippen LogP contribution in [-0.2, 0) is 35.6 Å². The number of aryl methyl sites for hydroxylation is 1. The first-order valence-electron chi connectivity index (χ1n) is 10.1. The Balaban J connectivity index is 2.12. The molecule has 2 unspecified atom stereocenters. The van der Waals surface area contributed by atoms with Gasteiger partial charge in [0.1, 0.15) is 23.0 Å². The summed E-state index contributed by atoms with van der Waals surface area (Å²) in [5, 5.41) is 5.35. The van der Waals surface area contributed by atoms with Crippen molar-refractivity contribution in [1.82, 2.24) is 24.8 Å². The molecule has 3 N–H and O–H groups in total. The van der Waals surface area contributed by atoms with E-state index in [9.17, 15) is 31.5 Å². The van der Waals surface area contributed by atoms with Crippen LogP contribution in [0.25, 0.3) is 16.7 Å². The first-order chi connectivity index (χ1) is 15.6. The summed E-state index contributed by atoms with van der Waals surface area (Å²) in [6.45, 7) is 6.21. The summed E-state index contributed by atoms with van der Waals surface area (Å²) in [6, 6.07) is 0.759. The van der Waals surface area contributed by atoms with Gasteiger partial charge in [0.05, 0.1) is 16.1 Å². The number of carbonyl (C=O) groups is 1. The molecule has 0 radical (unpaired) electrons. The lowest BCUT2D eigenvalue weighted by atomic mass is 10.2. The zero-order valence-corrected chi connectivity index (χ0v) is 19.8. The lowest BCUT2D eigenvalue weighted by molar-refractivity contribution is -0.144. The number of carbonyl (C=O) groups excluding carboxylic acids is 1. The van der Waals surface area contributed by atoms with Crippen LogP contribution >= 0.6 is 0 Å². The van der Waals surface area contributed by atoms with E-state index in [0.29, 0.717) is 4.57 Å². The number of nitrogens with zero attached hydrogens (tertiary/aromatic N) is 3. The van der Waals surface area contributed by atoms with E-state index in [1.807, 2.05) is 0 Å². The molecule has 0 fully saturated rings. The predicted molar refractivity (Wildman–Crippen MR) is 119 cm³/mol. The second-order valence-electron chi connectivity index (χ2n) is 8.42. The highest BCUT2D eigenvalue weighted by Gasteiger charge is 2.36. The van der Waals surface area contributed by atoms with Crippen LogP contribution < -0.4 is 16.2 Å². The summed E-state index contributed by atoms with van der Waals surface area (Å²) >= 11 is -2.52. The van der Waals surface area contributed by atoms with E-state index < -0.39 is 46.4 Å². The average molecular weight is 504 g/mol. The van der Waals surface area contributed by atoms with Crippen LogP contribution in [0.15, 0.2) is 27.9 Å². The van der Waals surface area contributed by atoms with Gasteiger partial charge >= 0.3 is 12.3 Å². The number of halogens is 3. The number of hydrogen-bond donors (Lipinski definition) is 3. The Hall–Kier alpha value is -3.13. The van der Waals surface area contributed by atoms with Gasteiger partial charge in [-0.2, -0.15) is 13.2 Å². The third kappa shape index (κ3) is 5.01. The molecule has 1 aliphatic rings. The summed E-state index contributed by atoms with van der Waals surface area (Å²) in [5.74, 6) is -0.0631. The van der Waals surface area contributed by atoms with E-state index in [-0.39, 0.29) is 34.0 Å². The lowest BCUT2D eigenvalue weighted by Gasteiger charge is -2.26. The number of dihydropyridines is 1. The number of alkyl halides is 3. The van der Waals surface area contributed by atoms with Gasteiger partial charge in [0, 0.05) is 13.6 Å². The van der Waals surface area contributed by atoms with Crippen LogP contribution in [0.4, 0.5) is 18.0 Å². The van der Waals surface area contributed by atoms with E-state index in [1.165, 1.54) is 30.7 Å². The number of fused-ring (bicyclic) bond motifs is 1. The molecule has 3 rings (SSSR count). The van der Waals surface area contributed by atoms with Gasteiger partial charge in [0.2, 0.25) is 0 Å². The number of imidazole rings is 1. The number of allylic oxidation sites excluding steroid dienone is 1. The number of nitrogens with one attached hydrogen (secondary N) is 2. The molecule has 0 saturated heterocycles. The number of aromatic nitrogens is 3. The highest BCUT2D eigenvalue weighted by atomic mass is 32.2. The molecule has 3 heterocycles. The van der Waals surface area contributed by atoms with Crippen molar-refractivity contribution >= 4 is 33.9 Å². The summed E-state index contributed by atoms with van der Waals surface area (Å²) < 4.78 is 69.2. The average Bonchev–Trinajstić information content (AvgIpc) is 3.02. The minimum Gasteiger partial charge on any atom is -0.444 e. The third-order valence-corrected chi connectivity index (χ3v) is 5.53. The summed E-state index contributed by atoms with van der Waals surface area (Å²) in [5.41, 5.74) is -3.23. The molecule has 0 bridgehead atoms. The van der Waals surface area contributed by atoms with Crippen LogP contribution in [-0.4, -0.2) is 40.7 Å². The van der Waals surface area contributed by atoms with Crippen LogP contribution in [0.5, 0.6) is 0 Å². The summed E-state index contributed by atoms with van der Waals surface area (Å²) in [4.78, 5) is 29.0. The number of ether oxygens (including phenoxy) is 1. The normalized spacial score (nSPS) is 17.6. The largest absolute Gasteiger partial charge is 0.444 e. The highest BCUT2D eigenvalue weighted by molar-refractivity contribution is 7.83. The predicted octanol–water partition coefficient (Wildman–Crippen LogP) is 2.67. The number of pyridine rings is 1. The molecule has 14 heteroatoms. The Morgan fingerprint density at radius 1 is 1.35 bits per heavy atom. The molecule has 2 aromatic heterocycles. The topological polar surface area (TPSA) is 127 Å². The maximum atomic E-state index is 13.5. The van der Waals surface area contributed by atoms with Gasteiger partial charge in [-0.1, -0.05) is 0 Å². The molecular formula is C20H24F3N5O5S. The molecule has 10 nitrogen and oxygen atoms in total. The molecule has 0 saturated carbocycles. The van der Waals surface area contributed by atoms with Gasteiger partial charge in [-0.3, -0.25) is 10.1 Å². The second-order valence-corrected chi connectivity index (χ2v) is 9.36. The minimum atomic E-state index is -4.79. The fourth-order valence-corrected chi connectivity index (χ4v) is 3.99. The van der Waals surface area contributed by atoms with Crippen molar-refractivity contribution in [2.24, 2.45) is 7.05 Å². The van der Waals surface area contributed by atoms with Gasteiger partial charge in [-0.25, -0.2) is 14.0 Å². The summed E-state index contributed by atoms with van der Waals surface area (Å²) in [6.07, 6.45) is -3.78. The first-order valence-corrected chi connectivity index (χ1v) is 11.2. The number of amides is 1. The molecule has 1 aliphatic heterocycles. The Morgan fingerprint density at radius 3 is 2.53 bits per heavy atom. The Kier molecular flexibility index (Phi) is 6.68. The van der Waals surface area contributed by atoms with Crippen molar-refractivity contribution in [2.75, 3.05) is 0 Å². The van der Waals surface area contributed by atoms with Gasteiger partial charge < -0.3 is 23.7 Å². The van der Waals surface area contributed by atoms with Crippen LogP contribution in [0.3, 0.4) is 0 Å². The molecule has 2 aromatic rings. The van der Waals surface area contributed by atoms with E-state index in [2.05, 4.69) is 15.6 Å². The van der Waals surface area contributed by atoms with Crippen molar-refractivity contribution in [3.05, 3.63) is 45.0 Å². The maximum absolute atomic E-state index is 13.5. The number of rotatable bonds is 4. The smallest absolute Gasteiger partial charge is 0.431 e. The van der Waals surface area contributed by atoms with Crippen molar-refractivity contribution in [1.29, 1.82) is 0 Å². The van der Waals surface area contributed by atoms with Crippen LogP contribution in [0, 0.1) is 0 Å². The standard InChI is InChI=1S/C20H24F3N5O5S/c1-6-28-12(20(21,22)23)9-10-15(17(28)29)27(5)16(24-10)14-11(34(31)32)7-8-13(25-14)26-18(30)33-19(2,3)4/h7-9,13,25H,6H2,1-5H3,(H,26,30)(H,31,32). The monoisotopic (exact) mass is 503 g/mol. The number of hydrogen-bond acceptors (Lipinski definition) is 6. The van der Waals surface area contributed by atoms with Gasteiger partial charge in [0.15, 0.2) is 16.9 Å². The van der Waals surface area contributed by atoms with Crippen molar-refractivity contribution in [2.45, 2.75) is 52.2 Å².